The number of ether oxygens (including phenoxy) is 1. The normalized spacial score (nSPS) is 14.5. The molecule has 0 saturated carbocycles. The Morgan fingerprint density at radius 3 is 2.31 bits per heavy atom. The number of rotatable bonds is 8. The van der Waals surface area contributed by atoms with Gasteiger partial charge in [0.2, 0.25) is 0 Å². The lowest BCUT2D eigenvalue weighted by atomic mass is 9.98. The van der Waals surface area contributed by atoms with Gasteiger partial charge < -0.3 is 29.0 Å². The van der Waals surface area contributed by atoms with Crippen LogP contribution < -0.4 is 9.64 Å². The van der Waals surface area contributed by atoms with Crippen LogP contribution in [0.3, 0.4) is 0 Å². The van der Waals surface area contributed by atoms with Gasteiger partial charge in [-0.3, -0.25) is 9.48 Å². The maximum absolute atomic E-state index is 15.1. The second-order valence-electron chi connectivity index (χ2n) is 14.0. The lowest BCUT2D eigenvalue weighted by Crippen LogP contribution is -2.43. The van der Waals surface area contributed by atoms with Crippen LogP contribution in [0.4, 0.5) is 5.69 Å². The Kier molecular flexibility index (Phi) is 8.82. The largest absolute Gasteiger partial charge is 0.508 e. The fourth-order valence-corrected chi connectivity index (χ4v) is 8.54. The highest BCUT2D eigenvalue weighted by atomic mass is 35.5. The van der Waals surface area contributed by atoms with E-state index in [1.165, 1.54) is 0 Å². The predicted octanol–water partition coefficient (Wildman–Crippen LogP) is 9.02. The van der Waals surface area contributed by atoms with E-state index in [0.717, 1.165) is 60.9 Å². The third kappa shape index (κ3) is 5.42. The molecular weight excluding hydrogens is 701 g/mol. The number of carbonyl (C=O) groups excluding carboxylic acids is 1. The molecule has 1 atom stereocenters. The Bertz CT molecular complexity index is 2470. The van der Waals surface area contributed by atoms with Crippen LogP contribution in [0.25, 0.3) is 32.9 Å². The average molecular weight is 743 g/mol. The van der Waals surface area contributed by atoms with Crippen LogP contribution in [-0.4, -0.2) is 54.2 Å². The number of aromatic hydroxyl groups is 1. The fraction of sp³-hybridized carbons (Fsp3) is 0.325. The molecule has 0 radical (unpaired) electrons. The van der Waals surface area contributed by atoms with Crippen molar-refractivity contribution < 1.29 is 24.5 Å². The number of hydrogen-bond acceptors (Lipinski definition) is 5. The molecule has 0 aliphatic carbocycles. The second-order valence-corrected chi connectivity index (χ2v) is 14.8. The van der Waals surface area contributed by atoms with Gasteiger partial charge in [0.25, 0.3) is 5.91 Å². The Morgan fingerprint density at radius 2 is 1.67 bits per heavy atom. The van der Waals surface area contributed by atoms with Gasteiger partial charge in [0, 0.05) is 65.4 Å². The van der Waals surface area contributed by atoms with E-state index in [0.29, 0.717) is 52.3 Å². The van der Waals surface area contributed by atoms with Crippen molar-refractivity contribution in [2.75, 3.05) is 18.1 Å². The molecule has 4 heterocycles. The molecule has 0 fully saturated rings. The van der Waals surface area contributed by atoms with E-state index >= 15 is 4.79 Å². The molecule has 1 aliphatic rings. The van der Waals surface area contributed by atoms with E-state index in [-0.39, 0.29) is 29.9 Å². The zero-order valence-corrected chi connectivity index (χ0v) is 32.0. The number of fused-ring (bicyclic) bond motifs is 4. The summed E-state index contributed by atoms with van der Waals surface area (Å²) in [5.74, 6) is -0.652. The van der Waals surface area contributed by atoms with Gasteiger partial charge in [0.15, 0.2) is 0 Å². The third-order valence-corrected chi connectivity index (χ3v) is 11.5. The number of aromatic nitrogens is 4. The second kappa shape index (κ2) is 12.9. The molecular formula is C40H41Cl2N5O5. The fourth-order valence-electron chi connectivity index (χ4n) is 8.18. The van der Waals surface area contributed by atoms with Crippen molar-refractivity contribution in [3.05, 3.63) is 91.5 Å². The molecule has 3 aromatic heterocycles. The SMILES string of the molecule is Cc1cc(OCCCc2c3n(c4c(-c5c(C)nn(C)c5C)c(Cl)ccc24)C(C)CN(c2cc(O)cc4c(C)c(C(=O)O)n(C)c24)C3=O)cc(C)c1Cl. The summed E-state index contributed by atoms with van der Waals surface area (Å²) in [5.41, 5.74) is 9.32. The highest BCUT2D eigenvalue weighted by Gasteiger charge is 2.38. The van der Waals surface area contributed by atoms with Crippen molar-refractivity contribution in [1.82, 2.24) is 18.9 Å². The van der Waals surface area contributed by atoms with Crippen LogP contribution in [0.1, 0.15) is 74.0 Å². The van der Waals surface area contributed by atoms with Crippen molar-refractivity contribution in [1.29, 1.82) is 0 Å². The number of amides is 1. The minimum Gasteiger partial charge on any atom is -0.508 e. The van der Waals surface area contributed by atoms with Crippen molar-refractivity contribution >= 4 is 62.6 Å². The molecule has 6 aromatic rings. The summed E-state index contributed by atoms with van der Waals surface area (Å²) >= 11 is 13.5. The van der Waals surface area contributed by atoms with Gasteiger partial charge in [-0.15, -0.1) is 0 Å². The lowest BCUT2D eigenvalue weighted by molar-refractivity contribution is 0.0686. The van der Waals surface area contributed by atoms with Gasteiger partial charge in [-0.2, -0.15) is 5.10 Å². The van der Waals surface area contributed by atoms with Gasteiger partial charge in [0.05, 0.1) is 34.0 Å². The van der Waals surface area contributed by atoms with E-state index in [4.69, 9.17) is 33.0 Å². The Morgan fingerprint density at radius 1 is 0.981 bits per heavy atom. The summed E-state index contributed by atoms with van der Waals surface area (Å²) in [4.78, 5) is 29.1. The number of aryl methyl sites for hydroxylation is 7. The minimum absolute atomic E-state index is 0.0543. The van der Waals surface area contributed by atoms with E-state index < -0.39 is 5.97 Å². The van der Waals surface area contributed by atoms with Gasteiger partial charge in [-0.05, 0) is 101 Å². The molecule has 1 amide bonds. The van der Waals surface area contributed by atoms with Crippen LogP contribution >= 0.6 is 23.2 Å². The topological polar surface area (TPSA) is 115 Å². The number of nitrogens with zero attached hydrogens (tertiary/aromatic N) is 5. The quantitative estimate of drug-likeness (QED) is 0.151. The van der Waals surface area contributed by atoms with Crippen LogP contribution in [0.5, 0.6) is 11.5 Å². The van der Waals surface area contributed by atoms with Gasteiger partial charge in [0.1, 0.15) is 22.9 Å². The molecule has 10 nitrogen and oxygen atoms in total. The number of aromatic carboxylic acids is 1. The Balaban J connectivity index is 1.41. The van der Waals surface area contributed by atoms with E-state index in [1.807, 2.05) is 63.7 Å². The first-order valence-corrected chi connectivity index (χ1v) is 18.0. The molecule has 0 bridgehead atoms. The molecule has 52 heavy (non-hydrogen) atoms. The molecule has 0 spiro atoms. The smallest absolute Gasteiger partial charge is 0.352 e. The predicted molar refractivity (Wildman–Crippen MR) is 206 cm³/mol. The van der Waals surface area contributed by atoms with Crippen LogP contribution in [-0.2, 0) is 20.5 Å². The van der Waals surface area contributed by atoms with Gasteiger partial charge in [-0.25, -0.2) is 4.79 Å². The molecule has 1 aliphatic heterocycles. The molecule has 3 aromatic carbocycles. The summed E-state index contributed by atoms with van der Waals surface area (Å²) in [6.45, 7) is 12.3. The molecule has 7 rings (SSSR count). The number of carboxylic acids is 1. The van der Waals surface area contributed by atoms with Crippen molar-refractivity contribution in [3.63, 3.8) is 0 Å². The van der Waals surface area contributed by atoms with Crippen molar-refractivity contribution in [2.24, 2.45) is 14.1 Å². The first-order valence-electron chi connectivity index (χ1n) is 17.2. The average Bonchev–Trinajstić information content (AvgIpc) is 3.64. The number of carbonyl (C=O) groups is 2. The van der Waals surface area contributed by atoms with Crippen LogP contribution in [0.2, 0.25) is 10.0 Å². The number of benzene rings is 3. The Hall–Kier alpha value is -4.93. The molecule has 1 unspecified atom stereocenters. The van der Waals surface area contributed by atoms with Gasteiger partial charge in [-0.1, -0.05) is 29.3 Å². The number of phenols is 1. The first-order chi connectivity index (χ1) is 24.6. The van der Waals surface area contributed by atoms with Crippen molar-refractivity contribution in [2.45, 2.75) is 60.4 Å². The summed E-state index contributed by atoms with van der Waals surface area (Å²) < 4.78 is 11.7. The number of hydrogen-bond donors (Lipinski definition) is 2. The van der Waals surface area contributed by atoms with Gasteiger partial charge >= 0.3 is 5.97 Å². The zero-order valence-electron chi connectivity index (χ0n) is 30.5. The van der Waals surface area contributed by atoms with E-state index in [9.17, 15) is 15.0 Å². The third-order valence-electron chi connectivity index (χ3n) is 10.6. The summed E-state index contributed by atoms with van der Waals surface area (Å²) in [6.07, 6.45) is 1.15. The summed E-state index contributed by atoms with van der Waals surface area (Å²) in [5, 5.41) is 28.4. The number of anilines is 1. The number of carboxylic acid groups (broad SMARTS) is 1. The minimum atomic E-state index is -1.08. The number of phenolic OH excluding ortho intramolecular Hbond substituents is 1. The number of halogens is 2. The first kappa shape index (κ1) is 35.5. The zero-order chi connectivity index (χ0) is 37.5. The van der Waals surface area contributed by atoms with E-state index in [2.05, 4.69) is 11.5 Å². The van der Waals surface area contributed by atoms with Crippen LogP contribution in [0, 0.1) is 34.6 Å². The Labute approximate surface area is 311 Å². The maximum atomic E-state index is 15.1. The molecule has 270 valence electrons. The molecule has 0 saturated heterocycles. The van der Waals surface area contributed by atoms with Crippen LogP contribution in [0.15, 0.2) is 36.4 Å². The summed E-state index contributed by atoms with van der Waals surface area (Å²) in [6, 6.07) is 10.6. The van der Waals surface area contributed by atoms with Crippen molar-refractivity contribution in [3.8, 4) is 22.6 Å². The lowest BCUT2D eigenvalue weighted by Gasteiger charge is -2.35. The molecule has 12 heteroatoms. The maximum Gasteiger partial charge on any atom is 0.352 e. The monoisotopic (exact) mass is 741 g/mol. The standard InChI is InChI=1S/C40H41Cl2N5O5/c1-19-14-26(15-20(2)34(19)42)52-13-9-10-27-28-11-12-30(41)33(32-23(5)43-45(8)24(32)6)37(28)47-21(3)18-46(39(49)38(27)47)31-17-25(48)16-29-22(4)35(40(50)51)44(7)36(29)31/h11-12,14-17,21,48H,9-10,13,18H2,1-8H3,(H,50,51). The molecule has 2 N–H and O–H groups in total. The highest BCUT2D eigenvalue weighted by Crippen LogP contribution is 2.46. The highest BCUT2D eigenvalue weighted by molar-refractivity contribution is 6.35. The van der Waals surface area contributed by atoms with E-state index in [1.54, 1.807) is 35.6 Å². The summed E-state index contributed by atoms with van der Waals surface area (Å²) in [7, 11) is 3.58.